The molecule has 0 amide bonds. The first-order valence-corrected chi connectivity index (χ1v) is 7.21. The fraction of sp³-hybridized carbons (Fsp3) is 0.600. The lowest BCUT2D eigenvalue weighted by molar-refractivity contribution is 0.463. The van der Waals surface area contributed by atoms with Crippen LogP contribution in [0.1, 0.15) is 44.1 Å². The minimum Gasteiger partial charge on any atom is -0.314 e. The Balaban J connectivity index is 1.73. The van der Waals surface area contributed by atoms with Gasteiger partial charge in [-0.15, -0.1) is 0 Å². The van der Waals surface area contributed by atoms with Gasteiger partial charge in [-0.1, -0.05) is 55.5 Å². The van der Waals surface area contributed by atoms with Gasteiger partial charge >= 0.3 is 0 Å². The summed E-state index contributed by atoms with van der Waals surface area (Å²) in [5.74, 6) is 0. The van der Waals surface area contributed by atoms with Crippen LogP contribution in [-0.2, 0) is 6.42 Å². The first-order chi connectivity index (χ1) is 8.36. The van der Waals surface area contributed by atoms with Gasteiger partial charge in [0, 0.05) is 11.1 Å². The molecule has 1 aliphatic rings. The molecule has 0 radical (unpaired) electrons. The lowest BCUT2D eigenvalue weighted by atomic mass is 10.1. The van der Waals surface area contributed by atoms with E-state index in [2.05, 4.69) is 17.4 Å². The molecule has 0 unspecified atom stereocenters. The molecule has 2 rings (SSSR count). The molecular formula is C15H22ClN. The van der Waals surface area contributed by atoms with Crippen molar-refractivity contribution in [3.8, 4) is 0 Å². The topological polar surface area (TPSA) is 12.0 Å². The van der Waals surface area contributed by atoms with E-state index in [0.29, 0.717) is 0 Å². The molecule has 1 aliphatic carbocycles. The number of hydrogen-bond acceptors (Lipinski definition) is 1. The van der Waals surface area contributed by atoms with Crippen molar-refractivity contribution >= 4 is 11.6 Å². The molecule has 1 aromatic rings. The Labute approximate surface area is 110 Å². The maximum Gasteiger partial charge on any atom is 0.0438 e. The fourth-order valence-electron chi connectivity index (χ4n) is 2.60. The molecule has 1 N–H and O–H groups in total. The first-order valence-electron chi connectivity index (χ1n) is 6.83. The second-order valence-electron chi connectivity index (χ2n) is 4.98. The number of hydrogen-bond donors (Lipinski definition) is 1. The van der Waals surface area contributed by atoms with Crippen molar-refractivity contribution in [3.63, 3.8) is 0 Å². The van der Waals surface area contributed by atoms with E-state index >= 15 is 0 Å². The van der Waals surface area contributed by atoms with E-state index < -0.39 is 0 Å². The Bertz CT molecular complexity index is 329. The van der Waals surface area contributed by atoms with Crippen LogP contribution in [0.3, 0.4) is 0 Å². The molecule has 0 bridgehead atoms. The van der Waals surface area contributed by atoms with Gasteiger partial charge in [-0.2, -0.15) is 0 Å². The standard InChI is InChI=1S/C15H22ClN/c16-15-10-6-5-7-13(15)11-12-17-14-8-3-1-2-4-9-14/h5-7,10,14,17H,1-4,8-9,11-12H2. The van der Waals surface area contributed by atoms with Crippen LogP contribution in [0.4, 0.5) is 0 Å². The molecular weight excluding hydrogens is 230 g/mol. The molecule has 94 valence electrons. The van der Waals surface area contributed by atoms with E-state index in [9.17, 15) is 0 Å². The van der Waals surface area contributed by atoms with Crippen molar-refractivity contribution in [1.82, 2.24) is 5.32 Å². The van der Waals surface area contributed by atoms with Crippen molar-refractivity contribution in [3.05, 3.63) is 34.9 Å². The summed E-state index contributed by atoms with van der Waals surface area (Å²) >= 11 is 6.14. The highest BCUT2D eigenvalue weighted by atomic mass is 35.5. The third kappa shape index (κ3) is 4.33. The second kappa shape index (κ2) is 7.03. The largest absolute Gasteiger partial charge is 0.314 e. The summed E-state index contributed by atoms with van der Waals surface area (Å²) in [6.07, 6.45) is 9.36. The van der Waals surface area contributed by atoms with E-state index in [0.717, 1.165) is 24.0 Å². The van der Waals surface area contributed by atoms with Gasteiger partial charge < -0.3 is 5.32 Å². The molecule has 0 spiro atoms. The van der Waals surface area contributed by atoms with Crippen LogP contribution in [0, 0.1) is 0 Å². The lowest BCUT2D eigenvalue weighted by Crippen LogP contribution is -2.30. The van der Waals surface area contributed by atoms with E-state index in [-0.39, 0.29) is 0 Å². The molecule has 1 aromatic carbocycles. The van der Waals surface area contributed by atoms with Gasteiger partial charge in [0.25, 0.3) is 0 Å². The van der Waals surface area contributed by atoms with Crippen molar-refractivity contribution in [2.75, 3.05) is 6.54 Å². The summed E-state index contributed by atoms with van der Waals surface area (Å²) < 4.78 is 0. The summed E-state index contributed by atoms with van der Waals surface area (Å²) in [5, 5.41) is 4.58. The summed E-state index contributed by atoms with van der Waals surface area (Å²) in [7, 11) is 0. The van der Waals surface area contributed by atoms with E-state index in [1.54, 1.807) is 0 Å². The fourth-order valence-corrected chi connectivity index (χ4v) is 2.83. The number of halogens is 1. The Hall–Kier alpha value is -0.530. The normalized spacial score (nSPS) is 17.9. The summed E-state index contributed by atoms with van der Waals surface area (Å²) in [4.78, 5) is 0. The van der Waals surface area contributed by atoms with E-state index in [4.69, 9.17) is 11.6 Å². The molecule has 0 atom stereocenters. The third-order valence-electron chi connectivity index (χ3n) is 3.64. The van der Waals surface area contributed by atoms with Gasteiger partial charge in [-0.3, -0.25) is 0 Å². The molecule has 0 heterocycles. The minimum atomic E-state index is 0.736. The van der Waals surface area contributed by atoms with Crippen LogP contribution in [0.5, 0.6) is 0 Å². The monoisotopic (exact) mass is 251 g/mol. The summed E-state index contributed by atoms with van der Waals surface area (Å²) in [6, 6.07) is 8.89. The zero-order chi connectivity index (χ0) is 11.9. The van der Waals surface area contributed by atoms with Gasteiger partial charge in [0.15, 0.2) is 0 Å². The van der Waals surface area contributed by atoms with Crippen molar-refractivity contribution in [2.45, 2.75) is 51.0 Å². The Morgan fingerprint density at radius 1 is 1.06 bits per heavy atom. The third-order valence-corrected chi connectivity index (χ3v) is 4.01. The van der Waals surface area contributed by atoms with Gasteiger partial charge in [0.2, 0.25) is 0 Å². The highest BCUT2D eigenvalue weighted by molar-refractivity contribution is 6.31. The molecule has 0 aromatic heterocycles. The van der Waals surface area contributed by atoms with Gasteiger partial charge in [-0.25, -0.2) is 0 Å². The zero-order valence-corrected chi connectivity index (χ0v) is 11.2. The molecule has 1 nitrogen and oxygen atoms in total. The molecule has 1 fully saturated rings. The lowest BCUT2D eigenvalue weighted by Gasteiger charge is -2.16. The molecule has 0 saturated heterocycles. The smallest absolute Gasteiger partial charge is 0.0438 e. The molecule has 0 aliphatic heterocycles. The Morgan fingerprint density at radius 2 is 1.76 bits per heavy atom. The second-order valence-corrected chi connectivity index (χ2v) is 5.39. The first kappa shape index (κ1) is 12.9. The maximum absolute atomic E-state index is 6.14. The number of nitrogens with one attached hydrogen (secondary N) is 1. The predicted octanol–water partition coefficient (Wildman–Crippen LogP) is 4.19. The average molecular weight is 252 g/mol. The van der Waals surface area contributed by atoms with Crippen LogP contribution < -0.4 is 5.32 Å². The van der Waals surface area contributed by atoms with Crippen molar-refractivity contribution < 1.29 is 0 Å². The molecule has 17 heavy (non-hydrogen) atoms. The minimum absolute atomic E-state index is 0.736. The van der Waals surface area contributed by atoms with Gasteiger partial charge in [0.1, 0.15) is 0 Å². The molecule has 2 heteroatoms. The number of rotatable bonds is 4. The highest BCUT2D eigenvalue weighted by Gasteiger charge is 2.11. The van der Waals surface area contributed by atoms with E-state index in [1.165, 1.54) is 44.1 Å². The van der Waals surface area contributed by atoms with Crippen LogP contribution in [0.15, 0.2) is 24.3 Å². The van der Waals surface area contributed by atoms with Crippen LogP contribution in [0.25, 0.3) is 0 Å². The van der Waals surface area contributed by atoms with Gasteiger partial charge in [-0.05, 0) is 37.4 Å². The maximum atomic E-state index is 6.14. The highest BCUT2D eigenvalue weighted by Crippen LogP contribution is 2.18. The Kier molecular flexibility index (Phi) is 5.34. The molecule has 1 saturated carbocycles. The van der Waals surface area contributed by atoms with E-state index in [1.807, 2.05) is 12.1 Å². The quantitative estimate of drug-likeness (QED) is 0.791. The van der Waals surface area contributed by atoms with Crippen LogP contribution in [0.2, 0.25) is 5.02 Å². The summed E-state index contributed by atoms with van der Waals surface area (Å²) in [5.41, 5.74) is 1.26. The van der Waals surface area contributed by atoms with Gasteiger partial charge in [0.05, 0.1) is 0 Å². The SMILES string of the molecule is Clc1ccccc1CCNC1CCCCCC1. The zero-order valence-electron chi connectivity index (χ0n) is 10.4. The van der Waals surface area contributed by atoms with Crippen LogP contribution >= 0.6 is 11.6 Å². The predicted molar refractivity (Wildman–Crippen MR) is 74.6 cm³/mol. The summed E-state index contributed by atoms with van der Waals surface area (Å²) in [6.45, 7) is 1.05. The van der Waals surface area contributed by atoms with Crippen molar-refractivity contribution in [1.29, 1.82) is 0 Å². The van der Waals surface area contributed by atoms with Crippen molar-refractivity contribution in [2.24, 2.45) is 0 Å². The number of benzene rings is 1. The van der Waals surface area contributed by atoms with Crippen LogP contribution in [-0.4, -0.2) is 12.6 Å². The Morgan fingerprint density at radius 3 is 2.47 bits per heavy atom. The average Bonchev–Trinajstić information content (AvgIpc) is 2.60.